The van der Waals surface area contributed by atoms with Crippen molar-refractivity contribution in [1.82, 2.24) is 4.90 Å². The highest BCUT2D eigenvalue weighted by Crippen LogP contribution is 2.51. The first-order valence-electron chi connectivity index (χ1n) is 15.0. The molecule has 41 heavy (non-hydrogen) atoms. The number of rotatable bonds is 12. The molecule has 1 heterocycles. The number of likely N-dealkylation sites (tertiary alicyclic amines) is 1. The molecule has 0 aliphatic carbocycles. The number of carbonyl (C=O) groups is 1. The molecule has 0 aromatic heterocycles. The van der Waals surface area contributed by atoms with Gasteiger partial charge in [-0.3, -0.25) is 4.79 Å². The number of benzene rings is 2. The summed E-state index contributed by atoms with van der Waals surface area (Å²) in [4.78, 5) is 16.3. The van der Waals surface area contributed by atoms with Crippen molar-refractivity contribution in [2.24, 2.45) is 5.92 Å². The average Bonchev–Trinajstić information content (AvgIpc) is 2.91. The van der Waals surface area contributed by atoms with E-state index >= 15 is 0 Å². The molecule has 1 saturated heterocycles. The predicted octanol–water partition coefficient (Wildman–Crippen LogP) is 9.57. The molecular formula is C34H49Cl2NO3Si. The Morgan fingerprint density at radius 3 is 2.34 bits per heavy atom. The zero-order valence-corrected chi connectivity index (χ0v) is 28.4. The van der Waals surface area contributed by atoms with Crippen LogP contribution in [0, 0.1) is 5.92 Å². The van der Waals surface area contributed by atoms with Crippen molar-refractivity contribution < 1.29 is 14.3 Å². The Balaban J connectivity index is 2.06. The SMILES string of the molecule is C=CC[C@@](CC)(C(O)CCCO[Si](C)(C)C(C)(C)C)N1C(=O)C(C)CC(c2cccc(Cl)c2)C1c1ccc(Cl)cc1. The van der Waals surface area contributed by atoms with E-state index in [1.807, 2.05) is 60.4 Å². The van der Waals surface area contributed by atoms with Gasteiger partial charge in [0.1, 0.15) is 0 Å². The Kier molecular flexibility index (Phi) is 11.4. The summed E-state index contributed by atoms with van der Waals surface area (Å²) in [5.74, 6) is -0.164. The summed E-state index contributed by atoms with van der Waals surface area (Å²) in [6.45, 7) is 19.9. The van der Waals surface area contributed by atoms with E-state index < -0.39 is 20.0 Å². The zero-order chi connectivity index (χ0) is 30.6. The van der Waals surface area contributed by atoms with E-state index in [0.717, 1.165) is 11.1 Å². The van der Waals surface area contributed by atoms with Crippen molar-refractivity contribution in [2.45, 2.75) is 108 Å². The lowest BCUT2D eigenvalue weighted by Gasteiger charge is -2.55. The summed E-state index contributed by atoms with van der Waals surface area (Å²) in [6.07, 6.45) is 4.10. The predicted molar refractivity (Wildman–Crippen MR) is 175 cm³/mol. The van der Waals surface area contributed by atoms with Crippen molar-refractivity contribution in [3.8, 4) is 0 Å². The number of aliphatic hydroxyl groups is 1. The minimum Gasteiger partial charge on any atom is -0.417 e. The monoisotopic (exact) mass is 617 g/mol. The first-order valence-corrected chi connectivity index (χ1v) is 18.6. The largest absolute Gasteiger partial charge is 0.417 e. The summed E-state index contributed by atoms with van der Waals surface area (Å²) in [6, 6.07) is 15.4. The number of amides is 1. The Bertz CT molecular complexity index is 1180. The molecule has 2 aromatic carbocycles. The van der Waals surface area contributed by atoms with Gasteiger partial charge in [0.2, 0.25) is 5.91 Å². The summed E-state index contributed by atoms with van der Waals surface area (Å²) in [7, 11) is -1.89. The van der Waals surface area contributed by atoms with Gasteiger partial charge in [0.15, 0.2) is 8.32 Å². The maximum absolute atomic E-state index is 14.3. The fourth-order valence-corrected chi connectivity index (χ4v) is 7.46. The van der Waals surface area contributed by atoms with Gasteiger partial charge in [-0.2, -0.15) is 0 Å². The zero-order valence-electron chi connectivity index (χ0n) is 25.9. The molecule has 4 nitrogen and oxygen atoms in total. The third-order valence-electron chi connectivity index (χ3n) is 9.52. The van der Waals surface area contributed by atoms with Crippen molar-refractivity contribution in [2.75, 3.05) is 6.61 Å². The molecule has 0 saturated carbocycles. The molecule has 0 bridgehead atoms. The lowest BCUT2D eigenvalue weighted by Crippen LogP contribution is -2.63. The van der Waals surface area contributed by atoms with E-state index in [0.29, 0.717) is 48.8 Å². The fourth-order valence-electron chi connectivity index (χ4n) is 6.04. The van der Waals surface area contributed by atoms with Gasteiger partial charge in [-0.05, 0) is 85.6 Å². The van der Waals surface area contributed by atoms with Crippen molar-refractivity contribution in [3.63, 3.8) is 0 Å². The Labute approximate surface area is 259 Å². The number of nitrogens with zero attached hydrogens (tertiary/aromatic N) is 1. The molecule has 4 unspecified atom stereocenters. The molecule has 1 aliphatic heterocycles. The normalized spacial score (nSPS) is 22.3. The third kappa shape index (κ3) is 7.48. The van der Waals surface area contributed by atoms with Crippen LogP contribution in [0.1, 0.15) is 89.8 Å². The first-order chi connectivity index (χ1) is 19.2. The first kappa shape index (κ1) is 33.9. The minimum absolute atomic E-state index is 0.00701. The fraction of sp³-hybridized carbons (Fsp3) is 0.559. The van der Waals surface area contributed by atoms with Crippen LogP contribution >= 0.6 is 23.2 Å². The second kappa shape index (κ2) is 13.8. The van der Waals surface area contributed by atoms with Crippen LogP contribution in [0.25, 0.3) is 0 Å². The number of hydrogen-bond donors (Lipinski definition) is 1. The Morgan fingerprint density at radius 2 is 1.78 bits per heavy atom. The smallest absolute Gasteiger partial charge is 0.226 e. The number of piperidine rings is 1. The van der Waals surface area contributed by atoms with Gasteiger partial charge in [-0.15, -0.1) is 6.58 Å². The highest BCUT2D eigenvalue weighted by Gasteiger charge is 2.52. The van der Waals surface area contributed by atoms with E-state index in [1.54, 1.807) is 0 Å². The number of carbonyl (C=O) groups excluding carboxylic acids is 1. The van der Waals surface area contributed by atoms with Crippen LogP contribution in [0.3, 0.4) is 0 Å². The highest BCUT2D eigenvalue weighted by molar-refractivity contribution is 6.74. The second-order valence-electron chi connectivity index (χ2n) is 13.2. The summed E-state index contributed by atoms with van der Waals surface area (Å²) < 4.78 is 6.42. The number of aliphatic hydroxyl groups excluding tert-OH is 1. The molecular weight excluding hydrogens is 569 g/mol. The van der Waals surface area contributed by atoms with Crippen LogP contribution in [-0.2, 0) is 9.22 Å². The molecule has 1 N–H and O–H groups in total. The quantitative estimate of drug-likeness (QED) is 0.146. The summed E-state index contributed by atoms with van der Waals surface area (Å²) in [5, 5.41) is 13.5. The van der Waals surface area contributed by atoms with Crippen molar-refractivity contribution >= 4 is 37.4 Å². The van der Waals surface area contributed by atoms with Crippen LogP contribution < -0.4 is 0 Å². The molecule has 1 amide bonds. The topological polar surface area (TPSA) is 49.8 Å². The van der Waals surface area contributed by atoms with Crippen molar-refractivity contribution in [1.29, 1.82) is 0 Å². The van der Waals surface area contributed by atoms with E-state index in [9.17, 15) is 9.90 Å². The Morgan fingerprint density at radius 1 is 1.12 bits per heavy atom. The Hall–Kier alpha value is -1.63. The van der Waals surface area contributed by atoms with Gasteiger partial charge in [0.25, 0.3) is 0 Å². The van der Waals surface area contributed by atoms with Gasteiger partial charge >= 0.3 is 0 Å². The van der Waals surface area contributed by atoms with Gasteiger partial charge < -0.3 is 14.4 Å². The van der Waals surface area contributed by atoms with Gasteiger partial charge in [0, 0.05) is 28.5 Å². The van der Waals surface area contributed by atoms with Gasteiger partial charge in [-0.1, -0.05) is 88.2 Å². The number of hydrogen-bond acceptors (Lipinski definition) is 3. The number of halogens is 2. The molecule has 0 radical (unpaired) electrons. The van der Waals surface area contributed by atoms with E-state index in [1.165, 1.54) is 0 Å². The van der Waals surface area contributed by atoms with Crippen LogP contribution in [-0.4, -0.2) is 42.5 Å². The van der Waals surface area contributed by atoms with Crippen LogP contribution in [0.5, 0.6) is 0 Å². The third-order valence-corrected chi connectivity index (χ3v) is 14.5. The molecule has 1 aliphatic rings. The maximum Gasteiger partial charge on any atom is 0.226 e. The molecule has 5 atom stereocenters. The second-order valence-corrected chi connectivity index (χ2v) is 18.9. The molecule has 2 aromatic rings. The van der Waals surface area contributed by atoms with E-state index in [-0.39, 0.29) is 28.8 Å². The lowest BCUT2D eigenvalue weighted by molar-refractivity contribution is -0.161. The molecule has 3 rings (SSSR count). The van der Waals surface area contributed by atoms with E-state index in [2.05, 4.69) is 53.4 Å². The van der Waals surface area contributed by atoms with Crippen LogP contribution in [0.15, 0.2) is 61.2 Å². The van der Waals surface area contributed by atoms with Crippen LogP contribution in [0.2, 0.25) is 28.2 Å². The average molecular weight is 619 g/mol. The van der Waals surface area contributed by atoms with Gasteiger partial charge in [0.05, 0.1) is 17.7 Å². The van der Waals surface area contributed by atoms with E-state index in [4.69, 9.17) is 27.6 Å². The standard InChI is InChI=1S/C34H49Cl2NO3Si/c1-9-20-34(10-2,30(38)15-12-21-40-41(7,8)33(4,5)6)37-31(25-16-18-27(35)19-17-25)29(22-24(3)32(37)39)26-13-11-14-28(36)23-26/h9,11,13-14,16-19,23-24,29-31,38H,1,10,12,15,20-22H2,2-8H3/t24?,29?,30?,31?,34-/m0/s1. The van der Waals surface area contributed by atoms with Gasteiger partial charge in [-0.25, -0.2) is 0 Å². The van der Waals surface area contributed by atoms with Crippen LogP contribution in [0.4, 0.5) is 0 Å². The molecule has 1 fully saturated rings. The van der Waals surface area contributed by atoms with Crippen molar-refractivity contribution in [3.05, 3.63) is 82.4 Å². The summed E-state index contributed by atoms with van der Waals surface area (Å²) >= 11 is 12.8. The molecule has 0 spiro atoms. The summed E-state index contributed by atoms with van der Waals surface area (Å²) in [5.41, 5.74) is 1.25. The lowest BCUT2D eigenvalue weighted by atomic mass is 9.71. The molecule has 7 heteroatoms. The highest BCUT2D eigenvalue weighted by atomic mass is 35.5. The molecule has 226 valence electrons. The maximum atomic E-state index is 14.3. The minimum atomic E-state index is -1.89.